The lowest BCUT2D eigenvalue weighted by Gasteiger charge is -2.14. The van der Waals surface area contributed by atoms with Crippen molar-refractivity contribution in [1.82, 2.24) is 0 Å². The van der Waals surface area contributed by atoms with Gasteiger partial charge in [-0.3, -0.25) is 4.79 Å². The predicted octanol–water partition coefficient (Wildman–Crippen LogP) is 4.57. The summed E-state index contributed by atoms with van der Waals surface area (Å²) < 4.78 is 5.25. The maximum absolute atomic E-state index is 11.6. The molecule has 0 radical (unpaired) electrons. The molecule has 0 amide bonds. The monoisotopic (exact) mass is 242 g/mol. The Kier molecular flexibility index (Phi) is 10.3. The number of carbonyl (C=O) groups is 1. The SMILES string of the molecule is CCCCCC(CC)CC(=O)OCCC(C)C. The first kappa shape index (κ1) is 16.5. The van der Waals surface area contributed by atoms with Crippen molar-refractivity contribution in [3.8, 4) is 0 Å². The number of esters is 1. The molecule has 0 aliphatic rings. The molecule has 0 rings (SSSR count). The molecule has 0 aromatic heterocycles. The fraction of sp³-hybridized carbons (Fsp3) is 0.933. The van der Waals surface area contributed by atoms with E-state index in [1.54, 1.807) is 0 Å². The van der Waals surface area contributed by atoms with E-state index in [0.717, 1.165) is 12.8 Å². The van der Waals surface area contributed by atoms with Crippen LogP contribution in [0.2, 0.25) is 0 Å². The maximum Gasteiger partial charge on any atom is 0.306 e. The second-order valence-electron chi connectivity index (χ2n) is 5.38. The highest BCUT2D eigenvalue weighted by Gasteiger charge is 2.12. The van der Waals surface area contributed by atoms with Crippen molar-refractivity contribution in [2.45, 2.75) is 72.6 Å². The van der Waals surface area contributed by atoms with Gasteiger partial charge in [0.05, 0.1) is 6.61 Å². The summed E-state index contributed by atoms with van der Waals surface area (Å²) in [4.78, 5) is 11.6. The number of hydrogen-bond donors (Lipinski definition) is 0. The summed E-state index contributed by atoms with van der Waals surface area (Å²) in [6, 6.07) is 0. The molecule has 2 heteroatoms. The zero-order valence-electron chi connectivity index (χ0n) is 12.1. The van der Waals surface area contributed by atoms with Crippen LogP contribution in [0.25, 0.3) is 0 Å². The van der Waals surface area contributed by atoms with E-state index in [-0.39, 0.29) is 5.97 Å². The van der Waals surface area contributed by atoms with Crippen molar-refractivity contribution in [2.24, 2.45) is 11.8 Å². The Morgan fingerprint density at radius 1 is 1.12 bits per heavy atom. The zero-order chi connectivity index (χ0) is 13.1. The molecule has 0 heterocycles. The van der Waals surface area contributed by atoms with Gasteiger partial charge in [-0.15, -0.1) is 0 Å². The Labute approximate surface area is 107 Å². The van der Waals surface area contributed by atoms with Crippen molar-refractivity contribution in [3.63, 3.8) is 0 Å². The van der Waals surface area contributed by atoms with Gasteiger partial charge in [-0.25, -0.2) is 0 Å². The van der Waals surface area contributed by atoms with Crippen molar-refractivity contribution < 1.29 is 9.53 Å². The van der Waals surface area contributed by atoms with Crippen LogP contribution in [0.1, 0.15) is 72.6 Å². The molecule has 0 saturated carbocycles. The number of rotatable bonds is 10. The van der Waals surface area contributed by atoms with Gasteiger partial charge in [-0.2, -0.15) is 0 Å². The summed E-state index contributed by atoms with van der Waals surface area (Å²) in [5.74, 6) is 1.12. The molecule has 2 nitrogen and oxygen atoms in total. The van der Waals surface area contributed by atoms with Gasteiger partial charge < -0.3 is 4.74 Å². The third kappa shape index (κ3) is 10.3. The Hall–Kier alpha value is -0.530. The second kappa shape index (κ2) is 10.6. The van der Waals surface area contributed by atoms with E-state index in [2.05, 4.69) is 27.7 Å². The molecule has 0 aromatic rings. The quantitative estimate of drug-likeness (QED) is 0.414. The molecule has 1 atom stereocenters. The minimum atomic E-state index is -0.00556. The first-order valence-electron chi connectivity index (χ1n) is 7.25. The van der Waals surface area contributed by atoms with Crippen LogP contribution in [0, 0.1) is 11.8 Å². The van der Waals surface area contributed by atoms with E-state index in [4.69, 9.17) is 4.74 Å². The summed E-state index contributed by atoms with van der Waals surface area (Å²) in [5.41, 5.74) is 0. The van der Waals surface area contributed by atoms with E-state index in [1.807, 2.05) is 0 Å². The maximum atomic E-state index is 11.6. The topological polar surface area (TPSA) is 26.3 Å². The minimum absolute atomic E-state index is 0.00556. The van der Waals surface area contributed by atoms with Gasteiger partial charge in [-0.1, -0.05) is 53.4 Å². The molecule has 0 aromatic carbocycles. The van der Waals surface area contributed by atoms with Crippen LogP contribution in [0.4, 0.5) is 0 Å². The van der Waals surface area contributed by atoms with Gasteiger partial charge in [0.1, 0.15) is 0 Å². The lowest BCUT2D eigenvalue weighted by atomic mass is 9.95. The van der Waals surface area contributed by atoms with E-state index in [1.165, 1.54) is 25.7 Å². The molecule has 102 valence electrons. The van der Waals surface area contributed by atoms with Crippen LogP contribution < -0.4 is 0 Å². The second-order valence-corrected chi connectivity index (χ2v) is 5.38. The van der Waals surface area contributed by atoms with E-state index >= 15 is 0 Å². The van der Waals surface area contributed by atoms with Crippen LogP contribution in [-0.2, 0) is 9.53 Å². The molecule has 0 aliphatic carbocycles. The van der Waals surface area contributed by atoms with Crippen LogP contribution in [0.15, 0.2) is 0 Å². The highest BCUT2D eigenvalue weighted by atomic mass is 16.5. The minimum Gasteiger partial charge on any atom is -0.466 e. The Balaban J connectivity index is 3.66. The number of hydrogen-bond acceptors (Lipinski definition) is 2. The molecular weight excluding hydrogens is 212 g/mol. The summed E-state index contributed by atoms with van der Waals surface area (Å²) >= 11 is 0. The van der Waals surface area contributed by atoms with Gasteiger partial charge in [0, 0.05) is 6.42 Å². The summed E-state index contributed by atoms with van der Waals surface area (Å²) in [6.45, 7) is 9.25. The number of carbonyl (C=O) groups excluding carboxylic acids is 1. The molecule has 0 aliphatic heterocycles. The molecular formula is C15H30O2. The van der Waals surface area contributed by atoms with Crippen LogP contribution in [-0.4, -0.2) is 12.6 Å². The zero-order valence-corrected chi connectivity index (χ0v) is 12.1. The Morgan fingerprint density at radius 3 is 2.35 bits per heavy atom. The molecule has 0 fully saturated rings. The van der Waals surface area contributed by atoms with Crippen LogP contribution in [0.5, 0.6) is 0 Å². The molecule has 17 heavy (non-hydrogen) atoms. The number of unbranched alkanes of at least 4 members (excludes halogenated alkanes) is 2. The van der Waals surface area contributed by atoms with E-state index < -0.39 is 0 Å². The molecule has 1 unspecified atom stereocenters. The number of ether oxygens (including phenoxy) is 1. The largest absolute Gasteiger partial charge is 0.466 e. The average molecular weight is 242 g/mol. The highest BCUT2D eigenvalue weighted by Crippen LogP contribution is 2.18. The van der Waals surface area contributed by atoms with Gasteiger partial charge in [-0.05, 0) is 24.7 Å². The van der Waals surface area contributed by atoms with Crippen molar-refractivity contribution in [3.05, 3.63) is 0 Å². The Morgan fingerprint density at radius 2 is 1.82 bits per heavy atom. The highest BCUT2D eigenvalue weighted by molar-refractivity contribution is 5.69. The molecule has 0 spiro atoms. The van der Waals surface area contributed by atoms with E-state index in [0.29, 0.717) is 24.9 Å². The van der Waals surface area contributed by atoms with Crippen molar-refractivity contribution in [1.29, 1.82) is 0 Å². The third-order valence-corrected chi connectivity index (χ3v) is 3.21. The normalized spacial score (nSPS) is 12.8. The van der Waals surface area contributed by atoms with Crippen molar-refractivity contribution >= 4 is 5.97 Å². The standard InChI is InChI=1S/C15H30O2/c1-5-7-8-9-14(6-2)12-15(16)17-11-10-13(3)4/h13-14H,5-12H2,1-4H3. The predicted molar refractivity (Wildman–Crippen MR) is 73.0 cm³/mol. The van der Waals surface area contributed by atoms with Gasteiger partial charge in [0.2, 0.25) is 0 Å². The lowest BCUT2D eigenvalue weighted by molar-refractivity contribution is -0.145. The molecule has 0 saturated heterocycles. The third-order valence-electron chi connectivity index (χ3n) is 3.21. The van der Waals surface area contributed by atoms with Gasteiger partial charge in [0.15, 0.2) is 0 Å². The summed E-state index contributed by atoms with van der Waals surface area (Å²) in [5, 5.41) is 0. The Bertz CT molecular complexity index is 187. The summed E-state index contributed by atoms with van der Waals surface area (Å²) in [6.07, 6.45) is 7.60. The molecule has 0 bridgehead atoms. The lowest BCUT2D eigenvalue weighted by Crippen LogP contribution is -2.13. The van der Waals surface area contributed by atoms with Crippen LogP contribution in [0.3, 0.4) is 0 Å². The smallest absolute Gasteiger partial charge is 0.306 e. The summed E-state index contributed by atoms with van der Waals surface area (Å²) in [7, 11) is 0. The average Bonchev–Trinajstić information content (AvgIpc) is 2.27. The van der Waals surface area contributed by atoms with E-state index in [9.17, 15) is 4.79 Å². The first-order chi connectivity index (χ1) is 8.10. The fourth-order valence-electron chi connectivity index (χ4n) is 1.84. The van der Waals surface area contributed by atoms with Crippen molar-refractivity contribution in [2.75, 3.05) is 6.61 Å². The van der Waals surface area contributed by atoms with Crippen LogP contribution >= 0.6 is 0 Å². The van der Waals surface area contributed by atoms with Gasteiger partial charge in [0.25, 0.3) is 0 Å². The first-order valence-corrected chi connectivity index (χ1v) is 7.25. The van der Waals surface area contributed by atoms with Gasteiger partial charge >= 0.3 is 5.97 Å². The molecule has 0 N–H and O–H groups in total. The fourth-order valence-corrected chi connectivity index (χ4v) is 1.84.